The third kappa shape index (κ3) is 6.10. The number of benzene rings is 2. The summed E-state index contributed by atoms with van der Waals surface area (Å²) in [6.45, 7) is 2.82. The van der Waals surface area contributed by atoms with Gasteiger partial charge in [0.2, 0.25) is 17.8 Å². The van der Waals surface area contributed by atoms with Crippen LogP contribution in [0.4, 0.5) is 30.6 Å². The molecule has 12 nitrogen and oxygen atoms in total. The normalized spacial score (nSPS) is 18.6. The van der Waals surface area contributed by atoms with Gasteiger partial charge in [0, 0.05) is 44.5 Å². The number of amides is 4. The Kier molecular flexibility index (Phi) is 7.99. The molecule has 1 atom stereocenters. The third-order valence-corrected chi connectivity index (χ3v) is 7.88. The molecule has 0 bridgehead atoms. The van der Waals surface area contributed by atoms with Gasteiger partial charge < -0.3 is 19.9 Å². The van der Waals surface area contributed by atoms with E-state index in [1.165, 1.54) is 18.2 Å². The van der Waals surface area contributed by atoms with Gasteiger partial charge in [-0.15, -0.1) is 0 Å². The van der Waals surface area contributed by atoms with Crippen LogP contribution in [0.15, 0.2) is 54.7 Å². The van der Waals surface area contributed by atoms with Crippen LogP contribution < -0.4 is 25.2 Å². The Morgan fingerprint density at radius 1 is 0.933 bits per heavy atom. The van der Waals surface area contributed by atoms with Gasteiger partial charge in [-0.05, 0) is 48.9 Å². The summed E-state index contributed by atoms with van der Waals surface area (Å²) in [6, 6.07) is 10.5. The summed E-state index contributed by atoms with van der Waals surface area (Å²) < 4.78 is 44.5. The first-order valence-electron chi connectivity index (χ1n) is 14.3. The average Bonchev–Trinajstić information content (AvgIpc) is 3.29. The molecule has 45 heavy (non-hydrogen) atoms. The highest BCUT2D eigenvalue weighted by Gasteiger charge is 2.46. The van der Waals surface area contributed by atoms with Gasteiger partial charge in [0.05, 0.1) is 23.2 Å². The Labute approximate surface area is 255 Å². The molecule has 0 spiro atoms. The smallest absolute Gasteiger partial charge is 0.416 e. The summed E-state index contributed by atoms with van der Waals surface area (Å²) in [6.07, 6.45) is -2.67. The fraction of sp³-hybridized carbons (Fsp3) is 0.333. The Morgan fingerprint density at radius 3 is 2.38 bits per heavy atom. The number of hydrogen-bond donors (Lipinski definition) is 2. The van der Waals surface area contributed by atoms with Crippen LogP contribution in [0.25, 0.3) is 0 Å². The number of anilines is 3. The van der Waals surface area contributed by atoms with Crippen molar-refractivity contribution < 1.29 is 37.1 Å². The zero-order valence-corrected chi connectivity index (χ0v) is 23.8. The third-order valence-electron chi connectivity index (χ3n) is 7.88. The molecule has 3 aromatic rings. The molecule has 2 fully saturated rings. The van der Waals surface area contributed by atoms with Crippen molar-refractivity contribution in [2.24, 2.45) is 0 Å². The lowest BCUT2D eigenvalue weighted by Crippen LogP contribution is -2.54. The topological polar surface area (TPSA) is 137 Å². The molecule has 2 N–H and O–H groups in total. The molecule has 0 aliphatic carbocycles. The Balaban J connectivity index is 1.02. The highest BCUT2D eigenvalue weighted by atomic mass is 19.4. The molecule has 0 saturated carbocycles. The second kappa shape index (κ2) is 12.1. The van der Waals surface area contributed by atoms with Crippen molar-refractivity contribution in [2.75, 3.05) is 54.4 Å². The fourth-order valence-electron chi connectivity index (χ4n) is 5.59. The first-order valence-corrected chi connectivity index (χ1v) is 14.3. The molecule has 234 valence electrons. The van der Waals surface area contributed by atoms with Crippen molar-refractivity contribution in [1.82, 2.24) is 20.2 Å². The van der Waals surface area contributed by atoms with Crippen LogP contribution in [0.2, 0.25) is 0 Å². The monoisotopic (exact) mass is 623 g/mol. The van der Waals surface area contributed by atoms with Crippen LogP contribution in [-0.2, 0) is 15.8 Å². The average molecular weight is 624 g/mol. The largest absolute Gasteiger partial charge is 0.491 e. The molecule has 1 aromatic heterocycles. The van der Waals surface area contributed by atoms with Gasteiger partial charge in [-0.2, -0.15) is 18.2 Å². The molecule has 15 heteroatoms. The molecule has 3 aliphatic rings. The number of carbonyl (C=O) groups is 4. The molecule has 2 saturated heterocycles. The van der Waals surface area contributed by atoms with Gasteiger partial charge in [-0.1, -0.05) is 6.07 Å². The minimum Gasteiger partial charge on any atom is -0.491 e. The van der Waals surface area contributed by atoms with Gasteiger partial charge in [0.15, 0.2) is 0 Å². The van der Waals surface area contributed by atoms with Crippen molar-refractivity contribution in [1.29, 1.82) is 0 Å². The lowest BCUT2D eigenvalue weighted by molar-refractivity contribution is -0.138. The standard InChI is InChI=1S/C30H28F3N7O5/c31-30(32,33)18-4-6-19(7-5-18)38-13-15-39(16-14-38)23-10-11-34-29(36-23)35-12-17-45-22-3-1-2-20-25(22)28(44)40(27(20)43)21-8-9-24(41)37-26(21)42/h1-7,10-11,21H,8-9,12-17H2,(H,34,35,36)(H,37,41,42). The predicted octanol–water partition coefficient (Wildman–Crippen LogP) is 2.71. The van der Waals surface area contributed by atoms with Crippen LogP contribution >= 0.6 is 0 Å². The highest BCUT2D eigenvalue weighted by molar-refractivity contribution is 6.24. The number of aromatic nitrogens is 2. The van der Waals surface area contributed by atoms with Gasteiger partial charge in [-0.25, -0.2) is 4.98 Å². The van der Waals surface area contributed by atoms with Crippen LogP contribution in [0, 0.1) is 0 Å². The van der Waals surface area contributed by atoms with E-state index in [9.17, 15) is 32.3 Å². The van der Waals surface area contributed by atoms with Crippen molar-refractivity contribution in [3.05, 3.63) is 71.4 Å². The summed E-state index contributed by atoms with van der Waals surface area (Å²) in [5, 5.41) is 5.25. The molecule has 3 aliphatic heterocycles. The second-order valence-electron chi connectivity index (χ2n) is 10.7. The van der Waals surface area contributed by atoms with E-state index in [1.54, 1.807) is 24.4 Å². The number of carbonyl (C=O) groups excluding carboxylic acids is 4. The van der Waals surface area contributed by atoms with Crippen molar-refractivity contribution >= 4 is 41.1 Å². The number of imide groups is 2. The highest BCUT2D eigenvalue weighted by Crippen LogP contribution is 2.34. The summed E-state index contributed by atoms with van der Waals surface area (Å²) in [5.74, 6) is -1.15. The van der Waals surface area contributed by atoms with Gasteiger partial charge in [0.1, 0.15) is 24.2 Å². The fourth-order valence-corrected chi connectivity index (χ4v) is 5.59. The van der Waals surface area contributed by atoms with E-state index in [0.717, 1.165) is 22.7 Å². The van der Waals surface area contributed by atoms with E-state index in [2.05, 4.69) is 25.5 Å². The summed E-state index contributed by atoms with van der Waals surface area (Å²) in [7, 11) is 0. The quantitative estimate of drug-likeness (QED) is 0.285. The van der Waals surface area contributed by atoms with Gasteiger partial charge >= 0.3 is 6.18 Å². The maximum atomic E-state index is 13.2. The molecule has 2 aromatic carbocycles. The van der Waals surface area contributed by atoms with Gasteiger partial charge in [-0.3, -0.25) is 29.4 Å². The minimum absolute atomic E-state index is 0.0288. The molecule has 4 amide bonds. The second-order valence-corrected chi connectivity index (χ2v) is 10.7. The molecule has 4 heterocycles. The molecule has 0 radical (unpaired) electrons. The number of piperazine rings is 1. The van der Waals surface area contributed by atoms with E-state index >= 15 is 0 Å². The summed E-state index contributed by atoms with van der Waals surface area (Å²) in [4.78, 5) is 63.9. The number of nitrogens with zero attached hydrogens (tertiary/aromatic N) is 5. The number of rotatable bonds is 8. The number of halogens is 3. The zero-order chi connectivity index (χ0) is 31.7. The van der Waals surface area contributed by atoms with Crippen molar-refractivity contribution in [2.45, 2.75) is 25.1 Å². The minimum atomic E-state index is -4.37. The molecule has 1 unspecified atom stereocenters. The number of hydrogen-bond acceptors (Lipinski definition) is 10. The maximum absolute atomic E-state index is 13.2. The van der Waals surface area contributed by atoms with Crippen LogP contribution in [0.1, 0.15) is 39.1 Å². The molecular formula is C30H28F3N7O5. The summed E-state index contributed by atoms with van der Waals surface area (Å²) >= 11 is 0. The van der Waals surface area contributed by atoms with E-state index < -0.39 is 41.4 Å². The Bertz CT molecular complexity index is 1640. The van der Waals surface area contributed by atoms with E-state index in [0.29, 0.717) is 37.9 Å². The SMILES string of the molecule is O=C1CCC(N2C(=O)c3cccc(OCCNc4nccc(N5CCN(c6ccc(C(F)(F)F)cc6)CC5)n4)c3C2=O)C(=O)N1. The first-order chi connectivity index (χ1) is 21.6. The predicted molar refractivity (Wildman–Crippen MR) is 155 cm³/mol. The lowest BCUT2D eigenvalue weighted by atomic mass is 10.0. The van der Waals surface area contributed by atoms with E-state index in [1.807, 2.05) is 4.90 Å². The van der Waals surface area contributed by atoms with E-state index in [-0.39, 0.29) is 42.9 Å². The van der Waals surface area contributed by atoms with E-state index in [4.69, 9.17) is 4.74 Å². The van der Waals surface area contributed by atoms with Gasteiger partial charge in [0.25, 0.3) is 11.8 Å². The van der Waals surface area contributed by atoms with Crippen LogP contribution in [0.3, 0.4) is 0 Å². The number of nitrogens with one attached hydrogen (secondary N) is 2. The van der Waals surface area contributed by atoms with Crippen molar-refractivity contribution in [3.63, 3.8) is 0 Å². The van der Waals surface area contributed by atoms with Crippen LogP contribution in [0.5, 0.6) is 5.75 Å². The zero-order valence-electron chi connectivity index (χ0n) is 23.8. The Hall–Kier alpha value is -5.21. The molecule has 6 rings (SSSR count). The first kappa shape index (κ1) is 29.8. The lowest BCUT2D eigenvalue weighted by Gasteiger charge is -2.36. The number of ether oxygens (including phenoxy) is 1. The number of alkyl halides is 3. The maximum Gasteiger partial charge on any atom is 0.416 e. The Morgan fingerprint density at radius 2 is 1.67 bits per heavy atom. The van der Waals surface area contributed by atoms with Crippen LogP contribution in [-0.4, -0.2) is 83.9 Å². The number of fused-ring (bicyclic) bond motifs is 1. The number of piperidine rings is 1. The van der Waals surface area contributed by atoms with Crippen molar-refractivity contribution in [3.8, 4) is 5.75 Å². The summed E-state index contributed by atoms with van der Waals surface area (Å²) in [5.41, 5.74) is 0.251. The molecular weight excluding hydrogens is 595 g/mol.